The van der Waals surface area contributed by atoms with Crippen LogP contribution in [0.3, 0.4) is 0 Å². The SMILES string of the molecule is Cc1ccc(C(=O)N2CCN(Cc3ccc(-c4noc(-c5ccccc5)n4)cc3)CC2)c(Cl)n1. The minimum absolute atomic E-state index is 0.0588. The molecule has 1 aliphatic rings. The first-order valence-electron chi connectivity index (χ1n) is 11.2. The largest absolute Gasteiger partial charge is 0.336 e. The lowest BCUT2D eigenvalue weighted by Gasteiger charge is -2.34. The van der Waals surface area contributed by atoms with Crippen LogP contribution in [0.15, 0.2) is 71.3 Å². The van der Waals surface area contributed by atoms with Crippen LogP contribution in [0.25, 0.3) is 22.8 Å². The van der Waals surface area contributed by atoms with E-state index in [1.165, 1.54) is 5.56 Å². The molecule has 3 heterocycles. The van der Waals surface area contributed by atoms with Crippen LogP contribution in [-0.4, -0.2) is 57.0 Å². The van der Waals surface area contributed by atoms with Crippen LogP contribution in [0, 0.1) is 6.92 Å². The summed E-state index contributed by atoms with van der Waals surface area (Å²) in [5.74, 6) is 1.02. The van der Waals surface area contributed by atoms with Crippen molar-refractivity contribution in [1.29, 1.82) is 0 Å². The van der Waals surface area contributed by atoms with Gasteiger partial charge in [-0.15, -0.1) is 0 Å². The van der Waals surface area contributed by atoms with Gasteiger partial charge in [-0.05, 0) is 36.8 Å². The molecule has 1 aliphatic heterocycles. The van der Waals surface area contributed by atoms with Crippen LogP contribution in [-0.2, 0) is 6.54 Å². The Kier molecular flexibility index (Phi) is 6.38. The number of aryl methyl sites for hydroxylation is 1. The van der Waals surface area contributed by atoms with E-state index in [9.17, 15) is 4.79 Å². The topological polar surface area (TPSA) is 75.4 Å². The maximum atomic E-state index is 12.8. The Hall–Kier alpha value is -3.55. The minimum Gasteiger partial charge on any atom is -0.336 e. The van der Waals surface area contributed by atoms with Gasteiger partial charge in [-0.2, -0.15) is 4.98 Å². The number of aromatic nitrogens is 3. The molecular weight excluding hydrogens is 450 g/mol. The molecule has 172 valence electrons. The quantitative estimate of drug-likeness (QED) is 0.390. The first kappa shape index (κ1) is 22.3. The average Bonchev–Trinajstić information content (AvgIpc) is 3.36. The van der Waals surface area contributed by atoms with Crippen LogP contribution in [0.1, 0.15) is 21.6 Å². The molecule has 1 amide bonds. The van der Waals surface area contributed by atoms with Gasteiger partial charge in [0.2, 0.25) is 5.82 Å². The molecule has 5 rings (SSSR count). The predicted octanol–water partition coefficient (Wildman–Crippen LogP) is 4.72. The van der Waals surface area contributed by atoms with E-state index < -0.39 is 0 Å². The standard InChI is InChI=1S/C26H24ClN5O2/c1-18-7-12-22(23(27)28-18)26(33)32-15-13-31(14-16-32)17-19-8-10-20(11-9-19)24-29-25(34-30-24)21-5-3-2-4-6-21/h2-12H,13-17H2,1H3. The highest BCUT2D eigenvalue weighted by Gasteiger charge is 2.24. The summed E-state index contributed by atoms with van der Waals surface area (Å²) in [6.45, 7) is 5.59. The van der Waals surface area contributed by atoms with Crippen molar-refractivity contribution < 1.29 is 9.32 Å². The van der Waals surface area contributed by atoms with E-state index in [0.717, 1.165) is 36.5 Å². The summed E-state index contributed by atoms with van der Waals surface area (Å²) in [4.78, 5) is 25.7. The molecule has 0 unspecified atom stereocenters. The maximum Gasteiger partial charge on any atom is 0.258 e. The van der Waals surface area contributed by atoms with Gasteiger partial charge >= 0.3 is 0 Å². The van der Waals surface area contributed by atoms with Crippen molar-refractivity contribution in [2.24, 2.45) is 0 Å². The van der Waals surface area contributed by atoms with Crippen LogP contribution in [0.5, 0.6) is 0 Å². The third kappa shape index (κ3) is 4.85. The van der Waals surface area contributed by atoms with E-state index in [1.807, 2.05) is 60.4 Å². The zero-order valence-corrected chi connectivity index (χ0v) is 19.6. The number of halogens is 1. The molecule has 0 aliphatic carbocycles. The normalized spacial score (nSPS) is 14.4. The minimum atomic E-state index is -0.0588. The highest BCUT2D eigenvalue weighted by Crippen LogP contribution is 2.23. The number of hydrogen-bond acceptors (Lipinski definition) is 6. The van der Waals surface area contributed by atoms with Crippen molar-refractivity contribution in [2.45, 2.75) is 13.5 Å². The van der Waals surface area contributed by atoms with Crippen molar-refractivity contribution >= 4 is 17.5 Å². The Morgan fingerprint density at radius 3 is 2.35 bits per heavy atom. The van der Waals surface area contributed by atoms with Crippen molar-refractivity contribution in [3.8, 4) is 22.8 Å². The van der Waals surface area contributed by atoms with Gasteiger partial charge in [-0.1, -0.05) is 59.2 Å². The van der Waals surface area contributed by atoms with Crippen molar-refractivity contribution in [2.75, 3.05) is 26.2 Å². The van der Waals surface area contributed by atoms with Crippen LogP contribution in [0.4, 0.5) is 0 Å². The fraction of sp³-hybridized carbons (Fsp3) is 0.231. The molecule has 8 heteroatoms. The molecule has 0 atom stereocenters. The van der Waals surface area contributed by atoms with Crippen LogP contribution >= 0.6 is 11.6 Å². The molecule has 1 saturated heterocycles. The van der Waals surface area contributed by atoms with Crippen molar-refractivity contribution in [1.82, 2.24) is 24.9 Å². The number of pyridine rings is 1. The van der Waals surface area contributed by atoms with Gasteiger partial charge in [0, 0.05) is 49.5 Å². The molecule has 2 aromatic heterocycles. The Morgan fingerprint density at radius 1 is 0.912 bits per heavy atom. The van der Waals surface area contributed by atoms with Crippen LogP contribution < -0.4 is 0 Å². The van der Waals surface area contributed by atoms with E-state index in [2.05, 4.69) is 32.2 Å². The molecule has 0 spiro atoms. The average molecular weight is 474 g/mol. The van der Waals surface area contributed by atoms with Gasteiger partial charge in [0.25, 0.3) is 11.8 Å². The molecule has 1 fully saturated rings. The second-order valence-electron chi connectivity index (χ2n) is 8.35. The Morgan fingerprint density at radius 2 is 1.65 bits per heavy atom. The molecule has 7 nitrogen and oxygen atoms in total. The summed E-state index contributed by atoms with van der Waals surface area (Å²) >= 11 is 6.19. The first-order chi connectivity index (χ1) is 16.6. The monoisotopic (exact) mass is 473 g/mol. The number of piperazine rings is 1. The second-order valence-corrected chi connectivity index (χ2v) is 8.70. The number of hydrogen-bond donors (Lipinski definition) is 0. The van der Waals surface area contributed by atoms with E-state index in [-0.39, 0.29) is 11.1 Å². The highest BCUT2D eigenvalue weighted by atomic mass is 35.5. The van der Waals surface area contributed by atoms with E-state index >= 15 is 0 Å². The lowest BCUT2D eigenvalue weighted by atomic mass is 10.1. The third-order valence-electron chi connectivity index (χ3n) is 5.94. The predicted molar refractivity (Wildman–Crippen MR) is 130 cm³/mol. The van der Waals surface area contributed by atoms with Gasteiger partial charge in [-0.3, -0.25) is 9.69 Å². The first-order valence-corrected chi connectivity index (χ1v) is 11.6. The van der Waals surface area contributed by atoms with E-state index in [4.69, 9.17) is 16.1 Å². The molecule has 0 N–H and O–H groups in total. The number of amides is 1. The Bertz CT molecular complexity index is 1280. The molecule has 0 radical (unpaired) electrons. The zero-order chi connectivity index (χ0) is 23.5. The molecule has 34 heavy (non-hydrogen) atoms. The third-order valence-corrected chi connectivity index (χ3v) is 6.23. The number of carbonyl (C=O) groups excluding carboxylic acids is 1. The molecule has 0 bridgehead atoms. The van der Waals surface area contributed by atoms with Gasteiger partial charge < -0.3 is 9.42 Å². The number of nitrogens with zero attached hydrogens (tertiary/aromatic N) is 5. The summed E-state index contributed by atoms with van der Waals surface area (Å²) < 4.78 is 5.42. The van der Waals surface area contributed by atoms with Crippen LogP contribution in [0.2, 0.25) is 5.15 Å². The Labute approximate surface area is 203 Å². The summed E-state index contributed by atoms with van der Waals surface area (Å²) in [5, 5.41) is 4.39. The second kappa shape index (κ2) is 9.75. The number of benzene rings is 2. The summed E-state index contributed by atoms with van der Waals surface area (Å²) in [6.07, 6.45) is 0. The summed E-state index contributed by atoms with van der Waals surface area (Å²) in [6, 6.07) is 21.5. The van der Waals surface area contributed by atoms with Gasteiger partial charge in [0.15, 0.2) is 0 Å². The van der Waals surface area contributed by atoms with Gasteiger partial charge in [-0.25, -0.2) is 4.98 Å². The fourth-order valence-corrected chi connectivity index (χ4v) is 4.30. The molecule has 0 saturated carbocycles. The highest BCUT2D eigenvalue weighted by molar-refractivity contribution is 6.32. The van der Waals surface area contributed by atoms with Crippen molar-refractivity contribution in [3.63, 3.8) is 0 Å². The molecule has 4 aromatic rings. The maximum absolute atomic E-state index is 12.8. The van der Waals surface area contributed by atoms with Crippen molar-refractivity contribution in [3.05, 3.63) is 88.7 Å². The van der Waals surface area contributed by atoms with Gasteiger partial charge in [0.1, 0.15) is 5.15 Å². The lowest BCUT2D eigenvalue weighted by Crippen LogP contribution is -2.48. The lowest BCUT2D eigenvalue weighted by molar-refractivity contribution is 0.0628. The fourth-order valence-electron chi connectivity index (χ4n) is 4.02. The molecule has 2 aromatic carbocycles. The van der Waals surface area contributed by atoms with E-state index in [0.29, 0.717) is 30.4 Å². The number of rotatable bonds is 5. The zero-order valence-electron chi connectivity index (χ0n) is 18.8. The Balaban J connectivity index is 1.17. The van der Waals surface area contributed by atoms with E-state index in [1.54, 1.807) is 6.07 Å². The number of carbonyl (C=O) groups is 1. The van der Waals surface area contributed by atoms with Gasteiger partial charge in [0.05, 0.1) is 5.56 Å². The molecular formula is C26H24ClN5O2. The summed E-state index contributed by atoms with van der Waals surface area (Å²) in [7, 11) is 0. The summed E-state index contributed by atoms with van der Waals surface area (Å²) in [5.41, 5.74) is 4.27. The smallest absolute Gasteiger partial charge is 0.258 e.